The predicted octanol–water partition coefficient (Wildman–Crippen LogP) is 5.44. The molecule has 3 aromatic rings. The van der Waals surface area contributed by atoms with E-state index in [2.05, 4.69) is 34.2 Å². The van der Waals surface area contributed by atoms with E-state index in [0.29, 0.717) is 23.4 Å². The van der Waals surface area contributed by atoms with Gasteiger partial charge in [0, 0.05) is 55.2 Å². The Morgan fingerprint density at radius 2 is 1.64 bits per heavy atom. The Kier molecular flexibility index (Phi) is 9.48. The zero-order chi connectivity index (χ0) is 32.3. The third-order valence-electron chi connectivity index (χ3n) is 8.29. The molecule has 2 aliphatic heterocycles. The van der Waals surface area contributed by atoms with Crippen molar-refractivity contribution in [3.05, 3.63) is 70.9 Å². The van der Waals surface area contributed by atoms with Crippen LogP contribution in [0.25, 0.3) is 0 Å². The van der Waals surface area contributed by atoms with Crippen LogP contribution in [-0.4, -0.2) is 84.0 Å². The van der Waals surface area contributed by atoms with Crippen molar-refractivity contribution in [1.29, 1.82) is 0 Å². The van der Waals surface area contributed by atoms with Gasteiger partial charge in [0.25, 0.3) is 5.91 Å². The molecule has 11 nitrogen and oxygen atoms in total. The smallest absolute Gasteiger partial charge is 0.435 e. The number of carbonyl (C=O) groups is 3. The monoisotopic (exact) mass is 615 g/mol. The van der Waals surface area contributed by atoms with E-state index in [4.69, 9.17) is 4.74 Å². The molecule has 0 unspecified atom stereocenters. The second-order valence-corrected chi connectivity index (χ2v) is 13.0. The fourth-order valence-electron chi connectivity index (χ4n) is 5.69. The lowest BCUT2D eigenvalue weighted by atomic mass is 9.99. The zero-order valence-electron chi connectivity index (χ0n) is 27.3. The standard InChI is InChI=1S/C34H45N7O4/c1-7-24-11-9-10-12-28(24)40(8-2)32(43)39-21-27-29(22-39)41(33(44)45-23-34(3,4)5)36-30(27)35-31(42)25-13-15-26(16-14-25)38-19-17-37(6)18-20-38/h9-16H,7-8,17-23H2,1-6H3,(H,35,36,42). The number of benzene rings is 2. The molecule has 2 aliphatic rings. The number of piperazine rings is 1. The first-order chi connectivity index (χ1) is 21.5. The van der Waals surface area contributed by atoms with E-state index < -0.39 is 6.09 Å². The molecule has 3 heterocycles. The largest absolute Gasteiger partial charge is 0.447 e. The summed E-state index contributed by atoms with van der Waals surface area (Å²) in [6, 6.07) is 15.2. The molecule has 2 aromatic carbocycles. The highest BCUT2D eigenvalue weighted by atomic mass is 16.6. The number of fused-ring (bicyclic) bond motifs is 1. The molecule has 11 heteroatoms. The van der Waals surface area contributed by atoms with E-state index in [-0.39, 0.29) is 42.9 Å². The highest BCUT2D eigenvalue weighted by Gasteiger charge is 2.36. The van der Waals surface area contributed by atoms with E-state index in [1.54, 1.807) is 21.9 Å². The zero-order valence-corrected chi connectivity index (χ0v) is 27.3. The number of aryl methyl sites for hydroxylation is 1. The van der Waals surface area contributed by atoms with Gasteiger partial charge in [0.05, 0.1) is 25.4 Å². The van der Waals surface area contributed by atoms with Crippen molar-refractivity contribution in [3.63, 3.8) is 0 Å². The summed E-state index contributed by atoms with van der Waals surface area (Å²) in [7, 11) is 2.12. The molecule has 1 N–H and O–H groups in total. The molecule has 240 valence electrons. The molecule has 0 radical (unpaired) electrons. The molecule has 45 heavy (non-hydrogen) atoms. The molecule has 1 saturated heterocycles. The van der Waals surface area contributed by atoms with E-state index >= 15 is 0 Å². The topological polar surface area (TPSA) is 103 Å². The summed E-state index contributed by atoms with van der Waals surface area (Å²) >= 11 is 0. The van der Waals surface area contributed by atoms with Crippen molar-refractivity contribution in [3.8, 4) is 0 Å². The van der Waals surface area contributed by atoms with Gasteiger partial charge in [0.2, 0.25) is 0 Å². The number of likely N-dealkylation sites (N-methyl/N-ethyl adjacent to an activating group) is 1. The summed E-state index contributed by atoms with van der Waals surface area (Å²) in [6.07, 6.45) is 0.151. The number of aromatic nitrogens is 2. The Morgan fingerprint density at radius 3 is 2.29 bits per heavy atom. The fraction of sp³-hybridized carbons (Fsp3) is 0.471. The second kappa shape index (κ2) is 13.3. The summed E-state index contributed by atoms with van der Waals surface area (Å²) in [5.74, 6) is -0.0922. The molecule has 1 aromatic heterocycles. The second-order valence-electron chi connectivity index (χ2n) is 13.0. The third-order valence-corrected chi connectivity index (χ3v) is 8.29. The Balaban J connectivity index is 1.38. The number of nitrogens with one attached hydrogen (secondary N) is 1. The number of urea groups is 1. The number of amides is 3. The van der Waals surface area contributed by atoms with Crippen LogP contribution in [0.1, 0.15) is 61.8 Å². The number of nitrogens with zero attached hydrogens (tertiary/aromatic N) is 6. The highest BCUT2D eigenvalue weighted by molar-refractivity contribution is 6.04. The molecular weight excluding hydrogens is 570 g/mol. The van der Waals surface area contributed by atoms with Gasteiger partial charge < -0.3 is 24.8 Å². The Hall–Kier alpha value is -4.38. The van der Waals surface area contributed by atoms with Gasteiger partial charge in [0.15, 0.2) is 5.82 Å². The lowest BCUT2D eigenvalue weighted by Gasteiger charge is -2.34. The van der Waals surface area contributed by atoms with E-state index in [1.165, 1.54) is 4.68 Å². The predicted molar refractivity (Wildman–Crippen MR) is 176 cm³/mol. The molecule has 5 rings (SSSR count). The minimum absolute atomic E-state index is 0.159. The molecule has 3 amide bonds. The van der Waals surface area contributed by atoms with Crippen LogP contribution in [0.4, 0.5) is 26.8 Å². The highest BCUT2D eigenvalue weighted by Crippen LogP contribution is 2.32. The maximum absolute atomic E-state index is 13.9. The van der Waals surface area contributed by atoms with Crippen molar-refractivity contribution in [1.82, 2.24) is 19.6 Å². The number of hydrogen-bond donors (Lipinski definition) is 1. The number of anilines is 3. The van der Waals surface area contributed by atoms with Crippen LogP contribution < -0.4 is 15.1 Å². The number of para-hydroxylation sites is 1. The van der Waals surface area contributed by atoms with Crippen LogP contribution in [0.15, 0.2) is 48.5 Å². The molecule has 0 spiro atoms. The van der Waals surface area contributed by atoms with Gasteiger partial charge in [-0.3, -0.25) is 9.69 Å². The lowest BCUT2D eigenvalue weighted by Crippen LogP contribution is -2.44. The van der Waals surface area contributed by atoms with Crippen molar-refractivity contribution in [2.45, 2.75) is 54.1 Å². The van der Waals surface area contributed by atoms with Gasteiger partial charge in [0.1, 0.15) is 0 Å². The quantitative estimate of drug-likeness (QED) is 0.378. The van der Waals surface area contributed by atoms with Crippen LogP contribution in [0.3, 0.4) is 0 Å². The summed E-state index contributed by atoms with van der Waals surface area (Å²) < 4.78 is 6.78. The van der Waals surface area contributed by atoms with Crippen LogP contribution in [0, 0.1) is 5.41 Å². The third kappa shape index (κ3) is 7.14. The molecule has 0 aliphatic carbocycles. The van der Waals surface area contributed by atoms with Gasteiger partial charge in [-0.05, 0) is 61.7 Å². The number of hydrogen-bond acceptors (Lipinski definition) is 7. The first-order valence-corrected chi connectivity index (χ1v) is 15.8. The van der Waals surface area contributed by atoms with Gasteiger partial charge in [-0.15, -0.1) is 5.10 Å². The number of ether oxygens (including phenoxy) is 1. The fourth-order valence-corrected chi connectivity index (χ4v) is 5.69. The molecule has 0 saturated carbocycles. The van der Waals surface area contributed by atoms with Crippen molar-refractivity contribution >= 4 is 35.2 Å². The summed E-state index contributed by atoms with van der Waals surface area (Å²) in [6.45, 7) is 14.8. The molecular formula is C34H45N7O4. The Labute approximate surface area is 265 Å². The van der Waals surface area contributed by atoms with E-state index in [0.717, 1.165) is 49.5 Å². The maximum Gasteiger partial charge on any atom is 0.435 e. The Bertz CT molecular complexity index is 1530. The first kappa shape index (κ1) is 32.0. The Morgan fingerprint density at radius 1 is 0.956 bits per heavy atom. The average Bonchev–Trinajstić information content (AvgIpc) is 3.61. The van der Waals surface area contributed by atoms with Gasteiger partial charge in [-0.1, -0.05) is 45.9 Å². The van der Waals surface area contributed by atoms with Crippen LogP contribution in [-0.2, 0) is 24.2 Å². The van der Waals surface area contributed by atoms with Gasteiger partial charge in [-0.2, -0.15) is 4.68 Å². The minimum atomic E-state index is -0.642. The van der Waals surface area contributed by atoms with Crippen molar-refractivity contribution in [2.24, 2.45) is 5.41 Å². The van der Waals surface area contributed by atoms with Crippen LogP contribution in [0.2, 0.25) is 0 Å². The minimum Gasteiger partial charge on any atom is -0.447 e. The SMILES string of the molecule is CCc1ccccc1N(CC)C(=O)N1Cc2c(NC(=O)c3ccc(N4CCN(C)CC4)cc3)nn(C(=O)OCC(C)(C)C)c2C1. The maximum atomic E-state index is 13.9. The van der Waals surface area contributed by atoms with Crippen molar-refractivity contribution < 1.29 is 19.1 Å². The molecule has 0 bridgehead atoms. The summed E-state index contributed by atoms with van der Waals surface area (Å²) in [5, 5.41) is 7.40. The molecule has 0 atom stereocenters. The number of carbonyl (C=O) groups excluding carboxylic acids is 3. The average molecular weight is 616 g/mol. The van der Waals surface area contributed by atoms with E-state index in [1.807, 2.05) is 64.1 Å². The summed E-state index contributed by atoms with van der Waals surface area (Å²) in [5.41, 5.74) is 4.41. The van der Waals surface area contributed by atoms with Crippen molar-refractivity contribution in [2.75, 3.05) is 61.5 Å². The van der Waals surface area contributed by atoms with Crippen LogP contribution >= 0.6 is 0 Å². The molecule has 1 fully saturated rings. The van der Waals surface area contributed by atoms with Crippen LogP contribution in [0.5, 0.6) is 0 Å². The lowest BCUT2D eigenvalue weighted by molar-refractivity contribution is 0.101. The number of rotatable bonds is 7. The van der Waals surface area contributed by atoms with Gasteiger partial charge >= 0.3 is 12.1 Å². The summed E-state index contributed by atoms with van der Waals surface area (Å²) in [4.78, 5) is 48.6. The normalized spacial score (nSPS) is 15.2. The van der Waals surface area contributed by atoms with Gasteiger partial charge in [-0.25, -0.2) is 9.59 Å². The first-order valence-electron chi connectivity index (χ1n) is 15.8. The van der Waals surface area contributed by atoms with E-state index in [9.17, 15) is 14.4 Å².